The SMILES string of the molecule is O=c1nc2n(C/C=C/c3ccccc3)nc(N3CCCC3)n2c2ccc(O)cc12. The lowest BCUT2D eigenvalue weighted by molar-refractivity contribution is 0.476. The van der Waals surface area contributed by atoms with E-state index in [1.807, 2.05) is 46.9 Å². The summed E-state index contributed by atoms with van der Waals surface area (Å²) in [7, 11) is 0. The van der Waals surface area contributed by atoms with Crippen molar-refractivity contribution in [3.8, 4) is 5.75 Å². The van der Waals surface area contributed by atoms with Crippen LogP contribution in [-0.4, -0.2) is 37.4 Å². The van der Waals surface area contributed by atoms with Crippen molar-refractivity contribution in [2.45, 2.75) is 19.4 Å². The molecular weight excluding hydrogens is 366 g/mol. The highest BCUT2D eigenvalue weighted by Crippen LogP contribution is 2.25. The van der Waals surface area contributed by atoms with E-state index in [1.165, 1.54) is 6.07 Å². The van der Waals surface area contributed by atoms with Gasteiger partial charge in [-0.2, -0.15) is 4.98 Å². The van der Waals surface area contributed by atoms with Crippen molar-refractivity contribution in [3.05, 3.63) is 70.5 Å². The van der Waals surface area contributed by atoms with Crippen molar-refractivity contribution in [3.63, 3.8) is 0 Å². The van der Waals surface area contributed by atoms with Crippen LogP contribution in [0.15, 0.2) is 59.4 Å². The molecule has 1 fully saturated rings. The van der Waals surface area contributed by atoms with Gasteiger partial charge >= 0.3 is 0 Å². The molecule has 1 N–H and O–H groups in total. The quantitative estimate of drug-likeness (QED) is 0.582. The number of phenolic OH excluding ortho intramolecular Hbond substituents is 1. The largest absolute Gasteiger partial charge is 0.508 e. The molecule has 1 saturated heterocycles. The van der Waals surface area contributed by atoms with Crippen LogP contribution in [0.1, 0.15) is 18.4 Å². The minimum Gasteiger partial charge on any atom is -0.508 e. The fourth-order valence-electron chi connectivity index (χ4n) is 3.86. The maximum atomic E-state index is 12.6. The van der Waals surface area contributed by atoms with Gasteiger partial charge in [0.15, 0.2) is 0 Å². The molecule has 5 rings (SSSR count). The molecule has 7 nitrogen and oxygen atoms in total. The van der Waals surface area contributed by atoms with Gasteiger partial charge in [0.05, 0.1) is 17.4 Å². The first kappa shape index (κ1) is 17.5. The Morgan fingerprint density at radius 1 is 1.07 bits per heavy atom. The summed E-state index contributed by atoms with van der Waals surface area (Å²) in [6, 6.07) is 14.9. The third-order valence-electron chi connectivity index (χ3n) is 5.27. The summed E-state index contributed by atoms with van der Waals surface area (Å²) in [6.07, 6.45) is 6.29. The van der Waals surface area contributed by atoms with Gasteiger partial charge in [-0.05, 0) is 36.6 Å². The summed E-state index contributed by atoms with van der Waals surface area (Å²) in [4.78, 5) is 19.1. The molecule has 0 atom stereocenters. The second-order valence-corrected chi connectivity index (χ2v) is 7.24. The monoisotopic (exact) mass is 387 g/mol. The maximum Gasteiger partial charge on any atom is 0.282 e. The second kappa shape index (κ2) is 7.09. The summed E-state index contributed by atoms with van der Waals surface area (Å²) < 4.78 is 3.69. The van der Waals surface area contributed by atoms with E-state index < -0.39 is 0 Å². The van der Waals surface area contributed by atoms with Gasteiger partial charge in [0.25, 0.3) is 5.56 Å². The Balaban J connectivity index is 1.66. The minimum absolute atomic E-state index is 0.0530. The van der Waals surface area contributed by atoms with Crippen LogP contribution in [0.5, 0.6) is 5.75 Å². The Kier molecular flexibility index (Phi) is 4.27. The lowest BCUT2D eigenvalue weighted by Crippen LogP contribution is -2.21. The molecule has 1 aliphatic rings. The summed E-state index contributed by atoms with van der Waals surface area (Å²) in [5, 5.41) is 15.0. The average Bonchev–Trinajstić information content (AvgIpc) is 3.38. The molecule has 1 aliphatic heterocycles. The van der Waals surface area contributed by atoms with Crippen molar-refractivity contribution < 1.29 is 5.11 Å². The third kappa shape index (κ3) is 3.14. The van der Waals surface area contributed by atoms with E-state index in [9.17, 15) is 9.90 Å². The molecule has 0 bridgehead atoms. The van der Waals surface area contributed by atoms with E-state index in [1.54, 1.807) is 16.8 Å². The Morgan fingerprint density at radius 3 is 2.66 bits per heavy atom. The van der Waals surface area contributed by atoms with E-state index in [2.05, 4.69) is 9.88 Å². The smallest absolute Gasteiger partial charge is 0.282 e. The number of allylic oxidation sites excluding steroid dienone is 1. The Bertz CT molecular complexity index is 1270. The number of hydrogen-bond donors (Lipinski definition) is 1. The van der Waals surface area contributed by atoms with Crippen LogP contribution in [0.4, 0.5) is 5.95 Å². The van der Waals surface area contributed by atoms with E-state index in [0.29, 0.717) is 23.2 Å². The predicted molar refractivity (Wildman–Crippen MR) is 113 cm³/mol. The van der Waals surface area contributed by atoms with E-state index in [4.69, 9.17) is 5.10 Å². The highest BCUT2D eigenvalue weighted by Gasteiger charge is 2.22. The lowest BCUT2D eigenvalue weighted by atomic mass is 10.2. The molecule has 2 aromatic heterocycles. The van der Waals surface area contributed by atoms with Gasteiger partial charge in [-0.15, -0.1) is 5.10 Å². The summed E-state index contributed by atoms with van der Waals surface area (Å²) >= 11 is 0. The number of aromatic hydroxyl groups is 1. The van der Waals surface area contributed by atoms with Gasteiger partial charge in [-0.25, -0.2) is 9.08 Å². The van der Waals surface area contributed by atoms with Crippen molar-refractivity contribution >= 4 is 28.7 Å². The standard InChI is InChI=1S/C22H21N5O2/c28-17-10-11-19-18(15-17)20(29)23-21-26(14-6-9-16-7-2-1-3-8-16)24-22(27(19)21)25-12-4-5-13-25/h1-3,6-11,15,28H,4-5,12-14H2/b9-6+. The molecular formula is C22H21N5O2. The Morgan fingerprint density at radius 2 is 1.86 bits per heavy atom. The van der Waals surface area contributed by atoms with Gasteiger partial charge in [0, 0.05) is 13.1 Å². The van der Waals surface area contributed by atoms with E-state index in [-0.39, 0.29) is 11.3 Å². The van der Waals surface area contributed by atoms with Crippen LogP contribution in [0.2, 0.25) is 0 Å². The molecule has 0 saturated carbocycles. The predicted octanol–water partition coefficient (Wildman–Crippen LogP) is 3.06. The minimum atomic E-state index is -0.364. The fourth-order valence-corrected chi connectivity index (χ4v) is 3.86. The number of benzene rings is 2. The van der Waals surface area contributed by atoms with Gasteiger partial charge < -0.3 is 10.0 Å². The highest BCUT2D eigenvalue weighted by molar-refractivity contribution is 5.82. The molecule has 0 unspecified atom stereocenters. The topological polar surface area (TPSA) is 75.7 Å². The fraction of sp³-hybridized carbons (Fsp3) is 0.227. The average molecular weight is 387 g/mol. The Hall–Kier alpha value is -3.61. The first-order valence-electron chi connectivity index (χ1n) is 9.79. The molecule has 4 aromatic rings. The zero-order chi connectivity index (χ0) is 19.8. The van der Waals surface area contributed by atoms with E-state index in [0.717, 1.165) is 37.4 Å². The van der Waals surface area contributed by atoms with Crippen molar-refractivity contribution in [2.75, 3.05) is 18.0 Å². The molecule has 0 aliphatic carbocycles. The summed E-state index contributed by atoms with van der Waals surface area (Å²) in [6.45, 7) is 2.36. The third-order valence-corrected chi connectivity index (χ3v) is 5.27. The normalized spacial score (nSPS) is 14.6. The van der Waals surface area contributed by atoms with E-state index >= 15 is 0 Å². The molecule has 0 radical (unpaired) electrons. The summed E-state index contributed by atoms with van der Waals surface area (Å²) in [5.41, 5.74) is 1.45. The van der Waals surface area contributed by atoms with Gasteiger partial charge in [0.1, 0.15) is 5.75 Å². The van der Waals surface area contributed by atoms with Crippen molar-refractivity contribution in [1.29, 1.82) is 0 Å². The molecule has 29 heavy (non-hydrogen) atoms. The molecule has 146 valence electrons. The summed E-state index contributed by atoms with van der Waals surface area (Å²) in [5.74, 6) is 1.35. The van der Waals surface area contributed by atoms with Gasteiger partial charge in [-0.3, -0.25) is 4.79 Å². The molecule has 3 heterocycles. The molecule has 0 spiro atoms. The first-order chi connectivity index (χ1) is 14.2. The number of hydrogen-bond acceptors (Lipinski definition) is 5. The highest BCUT2D eigenvalue weighted by atomic mass is 16.3. The first-order valence-corrected chi connectivity index (χ1v) is 9.79. The van der Waals surface area contributed by atoms with Crippen LogP contribution in [0, 0.1) is 0 Å². The van der Waals surface area contributed by atoms with Crippen LogP contribution >= 0.6 is 0 Å². The lowest BCUT2D eigenvalue weighted by Gasteiger charge is -2.15. The number of anilines is 1. The number of nitrogens with zero attached hydrogens (tertiary/aromatic N) is 5. The molecule has 0 amide bonds. The molecule has 2 aromatic carbocycles. The second-order valence-electron chi connectivity index (χ2n) is 7.24. The van der Waals surface area contributed by atoms with Crippen molar-refractivity contribution in [1.82, 2.24) is 19.2 Å². The van der Waals surface area contributed by atoms with Crippen LogP contribution in [0.25, 0.3) is 22.8 Å². The van der Waals surface area contributed by atoms with Crippen LogP contribution in [-0.2, 0) is 6.54 Å². The van der Waals surface area contributed by atoms with Crippen LogP contribution in [0.3, 0.4) is 0 Å². The number of phenols is 1. The number of aromatic nitrogens is 4. The number of fused-ring (bicyclic) bond motifs is 3. The zero-order valence-corrected chi connectivity index (χ0v) is 15.9. The number of rotatable bonds is 4. The Labute approximate surface area is 167 Å². The van der Waals surface area contributed by atoms with Gasteiger partial charge in [0.2, 0.25) is 11.7 Å². The van der Waals surface area contributed by atoms with Gasteiger partial charge in [-0.1, -0.05) is 42.5 Å². The zero-order valence-electron chi connectivity index (χ0n) is 15.9. The molecule has 7 heteroatoms. The maximum absolute atomic E-state index is 12.6. The van der Waals surface area contributed by atoms with Crippen molar-refractivity contribution in [2.24, 2.45) is 0 Å². The van der Waals surface area contributed by atoms with Crippen LogP contribution < -0.4 is 10.5 Å².